The molecule has 0 aliphatic carbocycles. The molecular formula is C20H14Cl2F3N5O. The summed E-state index contributed by atoms with van der Waals surface area (Å²) >= 11 is 12.2. The predicted molar refractivity (Wildman–Crippen MR) is 111 cm³/mol. The van der Waals surface area contributed by atoms with Crippen LogP contribution in [0, 0.1) is 0 Å². The number of halogens is 5. The van der Waals surface area contributed by atoms with E-state index < -0.39 is 24.5 Å². The standard InChI is InChI=1S/C20H14Cl2F3N5O/c21-13-5-3-4-12(18(13)22)10-30-16(8-9-26-30)28-17(31)11-29-15-7-2-1-6-14(15)27-19(29)20(23,24)25/h1-9H,10-11H2,(H,28,31). The second kappa shape index (κ2) is 8.24. The molecule has 0 saturated heterocycles. The summed E-state index contributed by atoms with van der Waals surface area (Å²) < 4.78 is 42.6. The van der Waals surface area contributed by atoms with Gasteiger partial charge in [0.05, 0.1) is 33.8 Å². The zero-order valence-corrected chi connectivity index (χ0v) is 17.2. The molecule has 1 amide bonds. The van der Waals surface area contributed by atoms with Crippen LogP contribution in [-0.4, -0.2) is 25.2 Å². The lowest BCUT2D eigenvalue weighted by molar-refractivity contribution is -0.147. The number of carbonyl (C=O) groups excluding carboxylic acids is 1. The minimum atomic E-state index is -4.70. The Morgan fingerprint density at radius 1 is 1.06 bits per heavy atom. The average Bonchev–Trinajstić information content (AvgIpc) is 3.30. The number of aromatic nitrogens is 4. The first-order valence-corrected chi connectivity index (χ1v) is 9.76. The van der Waals surface area contributed by atoms with E-state index in [4.69, 9.17) is 23.2 Å². The van der Waals surface area contributed by atoms with E-state index in [1.807, 2.05) is 0 Å². The van der Waals surface area contributed by atoms with Crippen LogP contribution in [0.5, 0.6) is 0 Å². The molecule has 160 valence electrons. The third kappa shape index (κ3) is 4.38. The van der Waals surface area contributed by atoms with Gasteiger partial charge in [-0.3, -0.25) is 4.79 Å². The van der Waals surface area contributed by atoms with Crippen LogP contribution in [0.3, 0.4) is 0 Å². The van der Waals surface area contributed by atoms with Crippen LogP contribution >= 0.6 is 23.2 Å². The van der Waals surface area contributed by atoms with E-state index in [9.17, 15) is 18.0 Å². The van der Waals surface area contributed by atoms with E-state index in [0.29, 0.717) is 21.4 Å². The normalized spacial score (nSPS) is 11.8. The van der Waals surface area contributed by atoms with Gasteiger partial charge in [0.25, 0.3) is 0 Å². The summed E-state index contributed by atoms with van der Waals surface area (Å²) in [5.41, 5.74) is 1.04. The molecule has 31 heavy (non-hydrogen) atoms. The zero-order valence-electron chi connectivity index (χ0n) is 15.7. The van der Waals surface area contributed by atoms with Gasteiger partial charge in [0, 0.05) is 6.07 Å². The maximum atomic E-state index is 13.4. The van der Waals surface area contributed by atoms with E-state index in [2.05, 4.69) is 15.4 Å². The van der Waals surface area contributed by atoms with Crippen LogP contribution in [0.25, 0.3) is 11.0 Å². The number of amides is 1. The van der Waals surface area contributed by atoms with Gasteiger partial charge < -0.3 is 9.88 Å². The van der Waals surface area contributed by atoms with Crippen molar-refractivity contribution < 1.29 is 18.0 Å². The molecule has 0 atom stereocenters. The van der Waals surface area contributed by atoms with Crippen LogP contribution in [0.15, 0.2) is 54.7 Å². The van der Waals surface area contributed by atoms with Gasteiger partial charge in [-0.1, -0.05) is 47.5 Å². The smallest absolute Gasteiger partial charge is 0.311 e. The molecule has 2 heterocycles. The van der Waals surface area contributed by atoms with Crippen molar-refractivity contribution in [3.05, 3.63) is 76.2 Å². The molecule has 0 fully saturated rings. The van der Waals surface area contributed by atoms with Gasteiger partial charge in [-0.15, -0.1) is 0 Å². The number of hydrogen-bond donors (Lipinski definition) is 1. The first-order chi connectivity index (χ1) is 14.7. The molecule has 2 aromatic carbocycles. The Bertz CT molecular complexity index is 1270. The Morgan fingerprint density at radius 3 is 2.61 bits per heavy atom. The Labute approximate surface area is 184 Å². The van der Waals surface area contributed by atoms with E-state index in [1.165, 1.54) is 29.1 Å². The summed E-state index contributed by atoms with van der Waals surface area (Å²) in [6, 6.07) is 12.8. The van der Waals surface area contributed by atoms with Gasteiger partial charge in [-0.25, -0.2) is 9.67 Å². The average molecular weight is 468 g/mol. The summed E-state index contributed by atoms with van der Waals surface area (Å²) in [7, 11) is 0. The molecule has 0 bridgehead atoms. The maximum Gasteiger partial charge on any atom is 0.449 e. The number of carbonyl (C=O) groups is 1. The van der Waals surface area contributed by atoms with Gasteiger partial charge in [-0.05, 0) is 23.8 Å². The first kappa shape index (κ1) is 21.2. The Balaban J connectivity index is 1.57. The molecule has 1 N–H and O–H groups in total. The number of para-hydroxylation sites is 2. The van der Waals surface area contributed by atoms with Crippen LogP contribution < -0.4 is 5.32 Å². The third-order valence-electron chi connectivity index (χ3n) is 4.55. The van der Waals surface area contributed by atoms with Crippen molar-refractivity contribution >= 4 is 46.0 Å². The predicted octanol–water partition coefficient (Wildman–Crippen LogP) is 5.25. The van der Waals surface area contributed by atoms with Gasteiger partial charge in [0.1, 0.15) is 12.4 Å². The fourth-order valence-electron chi connectivity index (χ4n) is 3.17. The summed E-state index contributed by atoms with van der Waals surface area (Å²) in [5.74, 6) is -1.49. The SMILES string of the molecule is O=C(Cn1c(C(F)(F)F)nc2ccccc21)Nc1ccnn1Cc1cccc(Cl)c1Cl. The van der Waals surface area contributed by atoms with Crippen molar-refractivity contribution in [2.24, 2.45) is 0 Å². The van der Waals surface area contributed by atoms with Gasteiger partial charge in [0.2, 0.25) is 11.7 Å². The van der Waals surface area contributed by atoms with E-state index in [0.717, 1.165) is 4.57 Å². The molecule has 4 aromatic rings. The maximum absolute atomic E-state index is 13.4. The minimum absolute atomic E-state index is 0.156. The highest BCUT2D eigenvalue weighted by Gasteiger charge is 2.38. The zero-order chi connectivity index (χ0) is 22.2. The highest BCUT2D eigenvalue weighted by Crippen LogP contribution is 2.31. The topological polar surface area (TPSA) is 64.7 Å². The molecule has 0 saturated carbocycles. The summed E-state index contributed by atoms with van der Waals surface area (Å²) in [5, 5.41) is 7.47. The molecule has 2 aromatic heterocycles. The quantitative estimate of drug-likeness (QED) is 0.436. The summed E-state index contributed by atoms with van der Waals surface area (Å²) in [6.07, 6.45) is -3.24. The molecule has 0 aliphatic heterocycles. The number of imidazole rings is 1. The lowest BCUT2D eigenvalue weighted by atomic mass is 10.2. The number of alkyl halides is 3. The van der Waals surface area contributed by atoms with Gasteiger partial charge >= 0.3 is 6.18 Å². The van der Waals surface area contributed by atoms with Crippen LogP contribution in [0.1, 0.15) is 11.4 Å². The fraction of sp³-hybridized carbons (Fsp3) is 0.150. The van der Waals surface area contributed by atoms with Gasteiger partial charge in [-0.2, -0.15) is 18.3 Å². The number of nitrogens with zero attached hydrogens (tertiary/aromatic N) is 4. The monoisotopic (exact) mass is 467 g/mol. The van der Waals surface area contributed by atoms with Crippen LogP contribution in [0.2, 0.25) is 10.0 Å². The van der Waals surface area contributed by atoms with Crippen molar-refractivity contribution in [2.45, 2.75) is 19.3 Å². The molecular weight excluding hydrogens is 454 g/mol. The van der Waals surface area contributed by atoms with Crippen molar-refractivity contribution in [3.63, 3.8) is 0 Å². The lowest BCUT2D eigenvalue weighted by Crippen LogP contribution is -2.24. The molecule has 0 aliphatic rings. The summed E-state index contributed by atoms with van der Waals surface area (Å²) in [4.78, 5) is 16.2. The Hall–Kier alpha value is -3.04. The summed E-state index contributed by atoms with van der Waals surface area (Å²) in [6.45, 7) is -0.359. The number of benzene rings is 2. The van der Waals surface area contributed by atoms with E-state index >= 15 is 0 Å². The lowest BCUT2D eigenvalue weighted by Gasteiger charge is -2.13. The fourth-order valence-corrected chi connectivity index (χ4v) is 3.55. The molecule has 0 unspecified atom stereocenters. The number of fused-ring (bicyclic) bond motifs is 1. The minimum Gasteiger partial charge on any atom is -0.311 e. The second-order valence-electron chi connectivity index (χ2n) is 6.64. The van der Waals surface area contributed by atoms with Crippen molar-refractivity contribution in [3.8, 4) is 0 Å². The van der Waals surface area contributed by atoms with E-state index in [-0.39, 0.29) is 17.6 Å². The molecule has 4 rings (SSSR count). The van der Waals surface area contributed by atoms with Gasteiger partial charge in [0.15, 0.2) is 0 Å². The molecule has 0 spiro atoms. The number of nitrogens with one attached hydrogen (secondary N) is 1. The molecule has 0 radical (unpaired) electrons. The number of rotatable bonds is 5. The van der Waals surface area contributed by atoms with Crippen molar-refractivity contribution in [1.29, 1.82) is 0 Å². The number of hydrogen-bond acceptors (Lipinski definition) is 3. The third-order valence-corrected chi connectivity index (χ3v) is 5.40. The van der Waals surface area contributed by atoms with Crippen LogP contribution in [-0.2, 0) is 24.1 Å². The number of anilines is 1. The second-order valence-corrected chi connectivity index (χ2v) is 7.43. The highest BCUT2D eigenvalue weighted by atomic mass is 35.5. The van der Waals surface area contributed by atoms with Crippen molar-refractivity contribution in [1.82, 2.24) is 19.3 Å². The molecule has 11 heteroatoms. The van der Waals surface area contributed by atoms with Crippen molar-refractivity contribution in [2.75, 3.05) is 5.32 Å². The first-order valence-electron chi connectivity index (χ1n) is 9.01. The highest BCUT2D eigenvalue weighted by molar-refractivity contribution is 6.42. The Kier molecular flexibility index (Phi) is 5.63. The Morgan fingerprint density at radius 2 is 1.84 bits per heavy atom. The van der Waals surface area contributed by atoms with E-state index in [1.54, 1.807) is 30.3 Å². The molecule has 6 nitrogen and oxygen atoms in total. The largest absolute Gasteiger partial charge is 0.449 e. The van der Waals surface area contributed by atoms with Crippen LogP contribution in [0.4, 0.5) is 19.0 Å².